The summed E-state index contributed by atoms with van der Waals surface area (Å²) in [6, 6.07) is 14.0. The Labute approximate surface area is 166 Å². The van der Waals surface area contributed by atoms with Crippen LogP contribution in [0.15, 0.2) is 59.5 Å². The van der Waals surface area contributed by atoms with Gasteiger partial charge in [-0.15, -0.1) is 0 Å². The van der Waals surface area contributed by atoms with Gasteiger partial charge in [-0.1, -0.05) is 61.9 Å². The summed E-state index contributed by atoms with van der Waals surface area (Å²) in [6.45, 7) is 5.35. The lowest BCUT2D eigenvalue weighted by atomic mass is 10.0. The second kappa shape index (κ2) is 9.61. The lowest BCUT2D eigenvalue weighted by Crippen LogP contribution is -2.52. The molecule has 150 valence electrons. The van der Waals surface area contributed by atoms with Gasteiger partial charge in [0.05, 0.1) is 10.9 Å². The normalized spacial score (nSPS) is 13.7. The Morgan fingerprint density at radius 3 is 2.18 bits per heavy atom. The third-order valence-corrected chi connectivity index (χ3v) is 5.81. The van der Waals surface area contributed by atoms with Crippen molar-refractivity contribution < 1.29 is 18.0 Å². The molecule has 2 aromatic carbocycles. The molecule has 0 fully saturated rings. The van der Waals surface area contributed by atoms with Crippen molar-refractivity contribution in [3.8, 4) is 0 Å². The molecule has 0 bridgehead atoms. The summed E-state index contributed by atoms with van der Waals surface area (Å²) in [5, 5.41) is 2.65. The Kier molecular flexibility index (Phi) is 7.48. The molecular weight excluding hydrogens is 376 g/mol. The zero-order chi connectivity index (χ0) is 20.7. The third kappa shape index (κ3) is 6.00. The first-order chi connectivity index (χ1) is 13.2. The molecule has 2 aromatic rings. The van der Waals surface area contributed by atoms with Crippen molar-refractivity contribution in [2.45, 2.75) is 44.2 Å². The molecule has 1 amide bonds. The number of aldehydes is 1. The van der Waals surface area contributed by atoms with Crippen molar-refractivity contribution >= 4 is 22.2 Å². The molecule has 6 nitrogen and oxygen atoms in total. The van der Waals surface area contributed by atoms with Gasteiger partial charge in [-0.25, -0.2) is 8.42 Å². The minimum atomic E-state index is -3.87. The molecule has 0 spiro atoms. The fourth-order valence-corrected chi connectivity index (χ4v) is 4.06. The maximum absolute atomic E-state index is 12.7. The molecular formula is C21H26N2O4S. The topological polar surface area (TPSA) is 92.3 Å². The SMILES string of the molecule is Cc1ccc(S(=O)(=O)N[C@H](C(=O)N[C@@H](C=O)Cc2ccccc2)C(C)C)cc1. The van der Waals surface area contributed by atoms with Crippen molar-refractivity contribution in [3.63, 3.8) is 0 Å². The molecule has 0 aliphatic heterocycles. The highest BCUT2D eigenvalue weighted by molar-refractivity contribution is 7.89. The second-order valence-electron chi connectivity index (χ2n) is 7.10. The molecule has 7 heteroatoms. The summed E-state index contributed by atoms with van der Waals surface area (Å²) >= 11 is 0. The van der Waals surface area contributed by atoms with Gasteiger partial charge in [-0.05, 0) is 37.0 Å². The van der Waals surface area contributed by atoms with E-state index in [1.807, 2.05) is 37.3 Å². The lowest BCUT2D eigenvalue weighted by molar-refractivity contribution is -0.126. The van der Waals surface area contributed by atoms with Crippen LogP contribution < -0.4 is 10.0 Å². The van der Waals surface area contributed by atoms with Crippen LogP contribution in [-0.2, 0) is 26.0 Å². The summed E-state index contributed by atoms with van der Waals surface area (Å²) < 4.78 is 27.8. The van der Waals surface area contributed by atoms with Gasteiger partial charge in [0.2, 0.25) is 15.9 Å². The molecule has 2 rings (SSSR count). The molecule has 0 saturated carbocycles. The fraction of sp³-hybridized carbons (Fsp3) is 0.333. The third-order valence-electron chi connectivity index (χ3n) is 4.35. The van der Waals surface area contributed by atoms with Crippen LogP contribution in [-0.4, -0.2) is 32.7 Å². The minimum absolute atomic E-state index is 0.0905. The maximum Gasteiger partial charge on any atom is 0.241 e. The van der Waals surface area contributed by atoms with E-state index < -0.39 is 28.0 Å². The van der Waals surface area contributed by atoms with Gasteiger partial charge in [0, 0.05) is 0 Å². The van der Waals surface area contributed by atoms with E-state index in [2.05, 4.69) is 10.0 Å². The zero-order valence-electron chi connectivity index (χ0n) is 16.3. The molecule has 0 aliphatic rings. The average molecular weight is 403 g/mol. The zero-order valence-corrected chi connectivity index (χ0v) is 17.1. The second-order valence-corrected chi connectivity index (χ2v) is 8.81. The van der Waals surface area contributed by atoms with Gasteiger partial charge in [-0.3, -0.25) is 4.79 Å². The van der Waals surface area contributed by atoms with Crippen LogP contribution in [0.1, 0.15) is 25.0 Å². The lowest BCUT2D eigenvalue weighted by Gasteiger charge is -2.23. The largest absolute Gasteiger partial charge is 0.345 e. The van der Waals surface area contributed by atoms with Crippen molar-refractivity contribution in [1.82, 2.24) is 10.0 Å². The first-order valence-corrected chi connectivity index (χ1v) is 10.6. The van der Waals surface area contributed by atoms with Crippen molar-refractivity contribution in [1.29, 1.82) is 0 Å². The predicted octanol–water partition coefficient (Wildman–Crippen LogP) is 2.22. The number of rotatable bonds is 9. The fourth-order valence-electron chi connectivity index (χ4n) is 2.72. The van der Waals surface area contributed by atoms with E-state index >= 15 is 0 Å². The molecule has 2 N–H and O–H groups in total. The summed E-state index contributed by atoms with van der Waals surface area (Å²) in [6.07, 6.45) is 1.00. The first kappa shape index (κ1) is 21.8. The summed E-state index contributed by atoms with van der Waals surface area (Å²) in [5.41, 5.74) is 1.84. The molecule has 0 aliphatic carbocycles. The Morgan fingerprint density at radius 1 is 1.04 bits per heavy atom. The van der Waals surface area contributed by atoms with Gasteiger partial charge in [-0.2, -0.15) is 4.72 Å². The highest BCUT2D eigenvalue weighted by Gasteiger charge is 2.29. The molecule has 0 unspecified atom stereocenters. The van der Waals surface area contributed by atoms with Gasteiger partial charge in [0.15, 0.2) is 0 Å². The molecule has 0 heterocycles. The standard InChI is InChI=1S/C21H26N2O4S/c1-15(2)20(23-28(26,27)19-11-9-16(3)10-12-19)21(25)22-18(14-24)13-17-7-5-4-6-8-17/h4-12,14-15,18,20,23H,13H2,1-3H3,(H,22,25)/t18-,20+/m1/s1. The maximum atomic E-state index is 12.7. The van der Waals surface area contributed by atoms with Crippen LogP contribution in [0.4, 0.5) is 0 Å². The Hall–Kier alpha value is -2.51. The Morgan fingerprint density at radius 2 is 1.64 bits per heavy atom. The van der Waals surface area contributed by atoms with E-state index in [1.165, 1.54) is 12.1 Å². The van der Waals surface area contributed by atoms with Crippen LogP contribution in [0.5, 0.6) is 0 Å². The van der Waals surface area contributed by atoms with E-state index in [9.17, 15) is 18.0 Å². The van der Waals surface area contributed by atoms with E-state index in [0.29, 0.717) is 12.7 Å². The average Bonchev–Trinajstić information content (AvgIpc) is 2.66. The van der Waals surface area contributed by atoms with E-state index in [1.54, 1.807) is 26.0 Å². The van der Waals surface area contributed by atoms with Crippen LogP contribution >= 0.6 is 0 Å². The number of nitrogens with one attached hydrogen (secondary N) is 2. The number of hydrogen-bond acceptors (Lipinski definition) is 4. The summed E-state index contributed by atoms with van der Waals surface area (Å²) in [5.74, 6) is -0.831. The number of sulfonamides is 1. The molecule has 2 atom stereocenters. The van der Waals surface area contributed by atoms with Crippen LogP contribution in [0.2, 0.25) is 0 Å². The van der Waals surface area contributed by atoms with Gasteiger partial charge < -0.3 is 10.1 Å². The first-order valence-electron chi connectivity index (χ1n) is 9.11. The van der Waals surface area contributed by atoms with Crippen LogP contribution in [0.3, 0.4) is 0 Å². The molecule has 0 saturated heterocycles. The van der Waals surface area contributed by atoms with Crippen molar-refractivity contribution in [3.05, 3.63) is 65.7 Å². The number of benzene rings is 2. The number of carbonyl (C=O) groups is 2. The van der Waals surface area contributed by atoms with E-state index in [-0.39, 0.29) is 10.8 Å². The number of hydrogen-bond donors (Lipinski definition) is 2. The summed E-state index contributed by atoms with van der Waals surface area (Å²) in [7, 11) is -3.87. The summed E-state index contributed by atoms with van der Waals surface area (Å²) in [4.78, 5) is 24.2. The van der Waals surface area contributed by atoms with Crippen molar-refractivity contribution in [2.24, 2.45) is 5.92 Å². The minimum Gasteiger partial charge on any atom is -0.345 e. The van der Waals surface area contributed by atoms with Gasteiger partial charge >= 0.3 is 0 Å². The number of aryl methyl sites for hydroxylation is 1. The van der Waals surface area contributed by atoms with Gasteiger partial charge in [0.1, 0.15) is 12.3 Å². The van der Waals surface area contributed by atoms with Crippen LogP contribution in [0, 0.1) is 12.8 Å². The highest BCUT2D eigenvalue weighted by atomic mass is 32.2. The Balaban J connectivity index is 2.12. The van der Waals surface area contributed by atoms with Crippen molar-refractivity contribution in [2.75, 3.05) is 0 Å². The van der Waals surface area contributed by atoms with E-state index in [4.69, 9.17) is 0 Å². The quantitative estimate of drug-likeness (QED) is 0.629. The Bertz CT molecular complexity index is 894. The number of amides is 1. The molecule has 28 heavy (non-hydrogen) atoms. The van der Waals surface area contributed by atoms with E-state index in [0.717, 1.165) is 11.1 Å². The predicted molar refractivity (Wildman–Crippen MR) is 108 cm³/mol. The van der Waals surface area contributed by atoms with Crippen LogP contribution in [0.25, 0.3) is 0 Å². The van der Waals surface area contributed by atoms with Gasteiger partial charge in [0.25, 0.3) is 0 Å². The molecule has 0 aromatic heterocycles. The smallest absolute Gasteiger partial charge is 0.241 e. The highest BCUT2D eigenvalue weighted by Crippen LogP contribution is 2.13. The number of carbonyl (C=O) groups excluding carboxylic acids is 2. The monoisotopic (exact) mass is 402 g/mol. The molecule has 0 radical (unpaired) electrons.